The van der Waals surface area contributed by atoms with E-state index in [-0.39, 0.29) is 62.0 Å². The van der Waals surface area contributed by atoms with E-state index < -0.39 is 42.1 Å². The molecule has 198 valence electrons. The molecule has 4 rings (SSSR count). The van der Waals surface area contributed by atoms with E-state index in [4.69, 9.17) is 4.74 Å². The molecule has 2 fully saturated rings. The molecule has 14 heteroatoms. The fourth-order valence-corrected chi connectivity index (χ4v) is 4.07. The number of carbonyl (C=O) groups is 3. The lowest BCUT2D eigenvalue weighted by atomic mass is 10.2. The first-order valence-corrected chi connectivity index (χ1v) is 11.3. The maximum atomic E-state index is 15.1. The fourth-order valence-electron chi connectivity index (χ4n) is 4.07. The number of cyclic esters (lactones) is 1. The monoisotopic (exact) mass is 525 g/mol. The van der Waals surface area contributed by atoms with E-state index in [0.717, 1.165) is 17.0 Å². The number of benzene rings is 2. The molecule has 0 aromatic heterocycles. The van der Waals surface area contributed by atoms with Crippen LogP contribution in [0.1, 0.15) is 10.4 Å². The number of hydrogen-bond donors (Lipinski definition) is 3. The molecule has 1 atom stereocenters. The SMILES string of the molecule is O=C(NC[C@H]1CN(c2cc(F)c(N3CCNN(C(=O)c4ccccc4O)CC3)c(F)c2)C(=O)O1)C(F)F. The van der Waals surface area contributed by atoms with Crippen LogP contribution in [0.4, 0.5) is 33.7 Å². The number of carbonyl (C=O) groups excluding carboxylic acids is 3. The first-order valence-electron chi connectivity index (χ1n) is 11.3. The molecule has 10 nitrogen and oxygen atoms in total. The molecule has 0 unspecified atom stereocenters. The van der Waals surface area contributed by atoms with Crippen molar-refractivity contribution in [1.29, 1.82) is 0 Å². The van der Waals surface area contributed by atoms with Gasteiger partial charge in [0.1, 0.15) is 17.5 Å². The second-order valence-corrected chi connectivity index (χ2v) is 8.29. The lowest BCUT2D eigenvalue weighted by Crippen LogP contribution is -2.43. The van der Waals surface area contributed by atoms with Gasteiger partial charge in [-0.15, -0.1) is 0 Å². The van der Waals surface area contributed by atoms with Gasteiger partial charge < -0.3 is 20.1 Å². The normalized spacial score (nSPS) is 18.1. The van der Waals surface area contributed by atoms with Gasteiger partial charge in [-0.05, 0) is 12.1 Å². The van der Waals surface area contributed by atoms with Crippen LogP contribution in [0.15, 0.2) is 36.4 Å². The van der Waals surface area contributed by atoms with Crippen LogP contribution in [0.2, 0.25) is 0 Å². The molecule has 3 amide bonds. The van der Waals surface area contributed by atoms with E-state index >= 15 is 8.78 Å². The van der Waals surface area contributed by atoms with Gasteiger partial charge in [0.05, 0.1) is 30.9 Å². The van der Waals surface area contributed by atoms with Gasteiger partial charge in [-0.25, -0.2) is 19.0 Å². The minimum atomic E-state index is -3.23. The van der Waals surface area contributed by atoms with Gasteiger partial charge in [0.2, 0.25) is 0 Å². The molecule has 2 aromatic rings. The topological polar surface area (TPSA) is 114 Å². The van der Waals surface area contributed by atoms with E-state index in [2.05, 4.69) is 5.43 Å². The van der Waals surface area contributed by atoms with Crippen LogP contribution in [-0.2, 0) is 9.53 Å². The molecule has 2 aliphatic rings. The van der Waals surface area contributed by atoms with E-state index in [9.17, 15) is 28.3 Å². The molecule has 3 N–H and O–H groups in total. The molecule has 0 spiro atoms. The van der Waals surface area contributed by atoms with Gasteiger partial charge >= 0.3 is 12.5 Å². The van der Waals surface area contributed by atoms with Gasteiger partial charge in [0, 0.05) is 31.8 Å². The third kappa shape index (κ3) is 5.69. The lowest BCUT2D eigenvalue weighted by Gasteiger charge is -2.25. The van der Waals surface area contributed by atoms with Crippen molar-refractivity contribution >= 4 is 29.3 Å². The average Bonchev–Trinajstić information content (AvgIpc) is 3.06. The summed E-state index contributed by atoms with van der Waals surface area (Å²) in [6.45, 7) is -0.155. The van der Waals surface area contributed by atoms with Crippen LogP contribution in [0, 0.1) is 11.6 Å². The molecular formula is C23H23F4N5O5. The maximum absolute atomic E-state index is 15.1. The molecule has 0 radical (unpaired) electrons. The Bertz CT molecular complexity index is 1180. The second-order valence-electron chi connectivity index (χ2n) is 8.29. The number of nitrogens with zero attached hydrogens (tertiary/aromatic N) is 3. The number of anilines is 2. The van der Waals surface area contributed by atoms with Crippen molar-refractivity contribution in [2.45, 2.75) is 12.5 Å². The number of hydrazine groups is 1. The molecule has 2 saturated heterocycles. The molecule has 2 aromatic carbocycles. The van der Waals surface area contributed by atoms with Gasteiger partial charge in [-0.1, -0.05) is 12.1 Å². The van der Waals surface area contributed by atoms with E-state index in [1.165, 1.54) is 22.0 Å². The lowest BCUT2D eigenvalue weighted by molar-refractivity contribution is -0.132. The predicted octanol–water partition coefficient (Wildman–Crippen LogP) is 1.84. The number of rotatable bonds is 6. The van der Waals surface area contributed by atoms with Crippen molar-refractivity contribution in [3.63, 3.8) is 0 Å². The van der Waals surface area contributed by atoms with Crippen molar-refractivity contribution < 1.29 is 41.8 Å². The third-order valence-electron chi connectivity index (χ3n) is 5.86. The number of phenols is 1. The number of amides is 3. The highest BCUT2D eigenvalue weighted by Crippen LogP contribution is 2.31. The van der Waals surface area contributed by atoms with Gasteiger partial charge in [0.25, 0.3) is 11.8 Å². The molecule has 2 aliphatic heterocycles. The Kier molecular flexibility index (Phi) is 7.66. The maximum Gasteiger partial charge on any atom is 0.414 e. The Morgan fingerprint density at radius 1 is 1.14 bits per heavy atom. The molecule has 0 bridgehead atoms. The van der Waals surface area contributed by atoms with Crippen molar-refractivity contribution in [1.82, 2.24) is 15.8 Å². The standard InChI is InChI=1S/C23H23F4N5O5/c24-16-9-13(31-12-14(37-23(31)36)11-28-21(34)20(26)27)10-17(25)19(16)30-6-5-29-32(8-7-30)22(35)15-3-1-2-4-18(15)33/h1-4,9-10,14,20,29,33H,5-8,11-12H2,(H,28,34)/t14-/m0/s1. The smallest absolute Gasteiger partial charge is 0.414 e. The summed E-state index contributed by atoms with van der Waals surface area (Å²) in [7, 11) is 0. The number of hydrogen-bond acceptors (Lipinski definition) is 7. The van der Waals surface area contributed by atoms with Crippen LogP contribution in [0.3, 0.4) is 0 Å². The third-order valence-corrected chi connectivity index (χ3v) is 5.86. The summed E-state index contributed by atoms with van der Waals surface area (Å²) in [5.74, 6) is -4.13. The number of nitrogens with one attached hydrogen (secondary N) is 2. The second kappa shape index (κ2) is 10.9. The Labute approximate surface area is 208 Å². The molecule has 0 aliphatic carbocycles. The summed E-state index contributed by atoms with van der Waals surface area (Å²) >= 11 is 0. The summed E-state index contributed by atoms with van der Waals surface area (Å²) in [6, 6.07) is 7.90. The van der Waals surface area contributed by atoms with Gasteiger partial charge in [-0.3, -0.25) is 19.5 Å². The molecular weight excluding hydrogens is 502 g/mol. The quantitative estimate of drug-likeness (QED) is 0.494. The molecule has 0 saturated carbocycles. The molecule has 37 heavy (non-hydrogen) atoms. The number of para-hydroxylation sites is 1. The zero-order valence-electron chi connectivity index (χ0n) is 19.3. The predicted molar refractivity (Wildman–Crippen MR) is 122 cm³/mol. The van der Waals surface area contributed by atoms with Crippen LogP contribution in [-0.4, -0.2) is 79.8 Å². The largest absolute Gasteiger partial charge is 0.507 e. The minimum Gasteiger partial charge on any atom is -0.507 e. The Balaban J connectivity index is 1.43. The first kappa shape index (κ1) is 26.0. The number of alkyl halides is 2. The minimum absolute atomic E-state index is 0.0538. The van der Waals surface area contributed by atoms with Crippen LogP contribution in [0.5, 0.6) is 5.75 Å². The van der Waals surface area contributed by atoms with Crippen LogP contribution >= 0.6 is 0 Å². The average molecular weight is 525 g/mol. The van der Waals surface area contributed by atoms with E-state index in [1.807, 2.05) is 5.32 Å². The van der Waals surface area contributed by atoms with E-state index in [0.29, 0.717) is 0 Å². The Morgan fingerprint density at radius 2 is 1.84 bits per heavy atom. The van der Waals surface area contributed by atoms with E-state index in [1.54, 1.807) is 12.1 Å². The number of ether oxygens (including phenoxy) is 1. The van der Waals surface area contributed by atoms with Crippen molar-refractivity contribution in [2.75, 3.05) is 49.1 Å². The number of halogens is 4. The summed E-state index contributed by atoms with van der Waals surface area (Å²) in [5, 5.41) is 13.1. The van der Waals surface area contributed by atoms with Crippen molar-refractivity contribution in [2.24, 2.45) is 0 Å². The first-order chi connectivity index (χ1) is 17.7. The highest BCUT2D eigenvalue weighted by molar-refractivity contribution is 5.96. The zero-order valence-corrected chi connectivity index (χ0v) is 19.3. The van der Waals surface area contributed by atoms with Gasteiger partial charge in [-0.2, -0.15) is 8.78 Å². The Morgan fingerprint density at radius 3 is 2.51 bits per heavy atom. The summed E-state index contributed by atoms with van der Waals surface area (Å²) in [5.41, 5.74) is 2.46. The number of aromatic hydroxyl groups is 1. The van der Waals surface area contributed by atoms with Crippen LogP contribution in [0.25, 0.3) is 0 Å². The zero-order chi connectivity index (χ0) is 26.7. The summed E-state index contributed by atoms with van der Waals surface area (Å²) < 4.78 is 59.8. The fraction of sp³-hybridized carbons (Fsp3) is 0.348. The summed E-state index contributed by atoms with van der Waals surface area (Å²) in [4.78, 5) is 38.3. The van der Waals surface area contributed by atoms with Crippen LogP contribution < -0.4 is 20.5 Å². The number of phenolic OH excluding ortho intramolecular Hbond substituents is 1. The van der Waals surface area contributed by atoms with Gasteiger partial charge in [0.15, 0.2) is 11.6 Å². The highest BCUT2D eigenvalue weighted by atomic mass is 19.3. The van der Waals surface area contributed by atoms with Crippen molar-refractivity contribution in [3.05, 3.63) is 53.6 Å². The molecule has 2 heterocycles. The highest BCUT2D eigenvalue weighted by Gasteiger charge is 2.34. The van der Waals surface area contributed by atoms with Crippen molar-refractivity contribution in [3.8, 4) is 5.75 Å². The Hall–Kier alpha value is -4.07. The summed E-state index contributed by atoms with van der Waals surface area (Å²) in [6.07, 6.45) is -5.15.